The summed E-state index contributed by atoms with van der Waals surface area (Å²) in [6.07, 6.45) is 17.1. The van der Waals surface area contributed by atoms with Crippen molar-refractivity contribution in [3.05, 3.63) is 183 Å². The average molecular weight is 1630 g/mol. The molecule has 5 aromatic heterocycles. The van der Waals surface area contributed by atoms with E-state index in [2.05, 4.69) is 79.1 Å². The quantitative estimate of drug-likeness (QED) is 0.0240. The zero-order valence-electron chi connectivity index (χ0n) is 66.7. The van der Waals surface area contributed by atoms with E-state index in [1.165, 1.54) is 60.7 Å². The third-order valence-corrected chi connectivity index (χ3v) is 21.8. The zero-order chi connectivity index (χ0) is 75.0. The van der Waals surface area contributed by atoms with E-state index in [-0.39, 0.29) is 183 Å². The van der Waals surface area contributed by atoms with Crippen LogP contribution in [-0.4, -0.2) is 162 Å². The third kappa shape index (κ3) is 23.8. The fourth-order valence-electron chi connectivity index (χ4n) is 15.5. The Morgan fingerprint density at radius 3 is 1.24 bits per heavy atom. The summed E-state index contributed by atoms with van der Waals surface area (Å²) in [6, 6.07) is 39.8. The Balaban J connectivity index is 0.000000263. The van der Waals surface area contributed by atoms with Crippen LogP contribution in [0.4, 0.5) is 0 Å². The number of piperidine rings is 2. The second kappa shape index (κ2) is 46.5. The number of carbonyl (C=O) groups is 4. The van der Waals surface area contributed by atoms with Crippen LogP contribution in [0, 0.1) is 11.3 Å². The molecule has 17 rings (SSSR count). The van der Waals surface area contributed by atoms with Gasteiger partial charge in [0.25, 0.3) is 6.47 Å². The molecule has 114 heavy (non-hydrogen) atoms. The Bertz CT molecular complexity index is 4570. The largest absolute Gasteiger partial charge is 1.00 e. The molecular formula is C83H103ClK2LiN13O14. The fourth-order valence-corrected chi connectivity index (χ4v) is 15.7. The first-order valence-electron chi connectivity index (χ1n) is 37.9. The van der Waals surface area contributed by atoms with Crippen molar-refractivity contribution in [2.45, 2.75) is 207 Å². The molecule has 31 heteroatoms. The number of Topliss-reactive ketones (excluding diaryl/α,β-unsaturated/α-hetero) is 2. The van der Waals surface area contributed by atoms with Gasteiger partial charge < -0.3 is 65.0 Å². The summed E-state index contributed by atoms with van der Waals surface area (Å²) in [6.45, 7) is 15.7. The predicted molar refractivity (Wildman–Crippen MR) is 417 cm³/mol. The Hall–Kier alpha value is -5.86. The predicted octanol–water partition coefficient (Wildman–Crippen LogP) is 3.02. The summed E-state index contributed by atoms with van der Waals surface area (Å²) in [5.41, 5.74) is 15.0. The molecule has 5 aliphatic heterocycles. The van der Waals surface area contributed by atoms with Crippen molar-refractivity contribution in [2.75, 3.05) is 46.0 Å². The minimum absolute atomic E-state index is 0. The van der Waals surface area contributed by atoms with Crippen LogP contribution in [0.25, 0.3) is 33.1 Å². The van der Waals surface area contributed by atoms with Crippen LogP contribution >= 0.6 is 11.6 Å². The number of hydrogen-bond donors (Lipinski definition) is 1. The maximum atomic E-state index is 12.1. The molecule has 2 aliphatic carbocycles. The molecule has 4 N–H and O–H groups in total. The second-order valence-electron chi connectivity index (χ2n) is 28.7. The number of carboxylic acids is 1. The van der Waals surface area contributed by atoms with E-state index in [1.807, 2.05) is 60.7 Å². The number of likely N-dealkylation sites (tertiary alicyclic amines) is 2. The number of aromatic nitrogens is 10. The number of benzene rings is 5. The van der Waals surface area contributed by atoms with Gasteiger partial charge in [-0.05, 0) is 176 Å². The number of alkyl halides is 1. The Labute approximate surface area is 769 Å². The molecule has 10 heterocycles. The number of carboxylic acid groups (broad SMARTS) is 1. The standard InChI is InChI=1S/C33H39N5O3.C32H37N5O4.C14H15ClN2O2.C2H3N.CH2O3.CH4.2K.Li.2H2O.H/c1-23(39)25-11-12-29-31(19-25)37(20-27-15-18-40-27)32(34-29)21-36-16-13-26(14-17-36)38-30-10-6-5-9-28(30)33(35-38)41-22-24-7-3-2-4-8-24;38-32(39)23-10-11-27-29(18-23)36(19-25-14-17-40-25)30(33-27)20-35-15-12-24(13-16-35)37-28-9-5-4-8-26(28)31(34-37)41-21-22-6-2-1-3-7-22;1-9(18)10-2-3-12-13(6-10)17(14(7-15)16-12)8-11-4-5-19-11;1-2-3;2-1-4-3;;;;;;;/h2-4,7-8,11-12,19,26-27H,5-6,9-10,13-18,20-22H2,1H3;1-3,6-7,10-11,18,24-25H,4-5,8-9,12-17,19-21H2,(H,38,39);2-3,6,11H,4-5,7-8H2,1H3;1H3;1,3H;1H4;;;;2*1H2;/q;;;;;;3*+1;;;-1/p-2/t27-;25-;11-;;;;;;;;;/m000........./s1. The van der Waals surface area contributed by atoms with Crippen LogP contribution in [0.15, 0.2) is 115 Å². The average Bonchev–Trinajstić information content (AvgIpc) is 1.63. The number of imidazole rings is 3. The van der Waals surface area contributed by atoms with Crippen LogP contribution in [0.3, 0.4) is 0 Å². The number of hydrogen-bond acceptors (Lipinski definition) is 20. The summed E-state index contributed by atoms with van der Waals surface area (Å²) >= 11 is 5.96. The number of halogens is 1. The first kappa shape index (κ1) is 95.3. The summed E-state index contributed by atoms with van der Waals surface area (Å²) < 4.78 is 40.7. The molecule has 0 amide bonds. The van der Waals surface area contributed by atoms with Crippen LogP contribution < -0.4 is 136 Å². The van der Waals surface area contributed by atoms with Crippen LogP contribution in [0.2, 0.25) is 0 Å². The normalized spacial score (nSPS) is 17.5. The number of carbonyl (C=O) groups excluding carboxylic acids is 3. The van der Waals surface area contributed by atoms with E-state index in [9.17, 15) is 19.5 Å². The Morgan fingerprint density at radius 2 is 0.912 bits per heavy atom. The van der Waals surface area contributed by atoms with Crippen LogP contribution in [0.5, 0.6) is 11.8 Å². The van der Waals surface area contributed by atoms with Crippen molar-refractivity contribution >= 4 is 68.7 Å². The van der Waals surface area contributed by atoms with Gasteiger partial charge in [-0.3, -0.25) is 33.5 Å². The molecular weight excluding hydrogens is 1520 g/mol. The Kier molecular flexibility index (Phi) is 38.9. The van der Waals surface area contributed by atoms with Crippen molar-refractivity contribution in [3.8, 4) is 17.8 Å². The third-order valence-electron chi connectivity index (χ3n) is 21.6. The first-order chi connectivity index (χ1) is 52.8. The van der Waals surface area contributed by atoms with Gasteiger partial charge in [-0.1, -0.05) is 68.1 Å². The maximum Gasteiger partial charge on any atom is 1.00 e. The van der Waals surface area contributed by atoms with Gasteiger partial charge in [0, 0.05) is 86.6 Å². The Morgan fingerprint density at radius 1 is 0.579 bits per heavy atom. The van der Waals surface area contributed by atoms with E-state index >= 15 is 0 Å². The number of nitriles is 1. The van der Waals surface area contributed by atoms with Gasteiger partial charge in [0.2, 0.25) is 11.8 Å². The number of ketones is 2. The molecule has 0 unspecified atom stereocenters. The van der Waals surface area contributed by atoms with E-state index in [1.54, 1.807) is 38.1 Å². The van der Waals surface area contributed by atoms with Crippen molar-refractivity contribution < 1.29 is 192 Å². The van der Waals surface area contributed by atoms with Crippen molar-refractivity contribution in [1.82, 2.24) is 58.0 Å². The zero-order valence-corrected chi connectivity index (χ0v) is 72.7. The van der Waals surface area contributed by atoms with E-state index in [0.717, 1.165) is 216 Å². The van der Waals surface area contributed by atoms with Crippen molar-refractivity contribution in [3.63, 3.8) is 0 Å². The minimum Gasteiger partial charge on any atom is -1.00 e. The SMILES string of the molecule is C.CC#N.CC(=O)c1ccc2nc(CCl)n(C[C@@H]3CCO3)c2c1.CC(=O)c1ccc2nc(CN3CCC(n4nc(OCc5ccccc5)c5c4CCCC5)CC3)n(C[C@@H]3CCO3)c2c1.O.O=C(O)c1ccc2nc(CN3CCC(n4nc(OCc5ccccc5)c5c4CCCC5)CC3)n(C[C@@H]3CCO3)c2c1.O=CO[O-].[H-].[K+].[K+].[Li+].[OH-]. The van der Waals surface area contributed by atoms with Gasteiger partial charge in [0.05, 0.1) is 114 Å². The minimum atomic E-state index is -0.919. The number of nitrogens with zero attached hydrogens (tertiary/aromatic N) is 13. The molecule has 7 aliphatic rings. The van der Waals surface area contributed by atoms with Gasteiger partial charge in [0.15, 0.2) is 11.6 Å². The fraction of sp³-hybridized carbons (Fsp3) is 0.470. The van der Waals surface area contributed by atoms with Gasteiger partial charge in [0.1, 0.15) is 30.7 Å². The number of ether oxygens (including phenoxy) is 5. The molecule has 5 aromatic carbocycles. The topological polar surface area (TPSA) is 348 Å². The number of rotatable bonds is 23. The summed E-state index contributed by atoms with van der Waals surface area (Å²) in [4.78, 5) is 65.9. The van der Waals surface area contributed by atoms with Gasteiger partial charge >= 0.3 is 128 Å². The molecule has 10 aromatic rings. The molecule has 5 saturated heterocycles. The molecule has 5 fully saturated rings. The second-order valence-corrected chi connectivity index (χ2v) is 28.9. The molecule has 0 saturated carbocycles. The van der Waals surface area contributed by atoms with E-state index in [4.69, 9.17) is 70.8 Å². The maximum absolute atomic E-state index is 12.1. The van der Waals surface area contributed by atoms with Gasteiger partial charge in [-0.15, -0.1) is 21.8 Å². The van der Waals surface area contributed by atoms with Gasteiger partial charge in [-0.2, -0.15) is 5.26 Å². The molecule has 3 atom stereocenters. The van der Waals surface area contributed by atoms with Crippen molar-refractivity contribution in [1.29, 1.82) is 5.26 Å². The van der Waals surface area contributed by atoms with E-state index < -0.39 is 5.97 Å². The molecule has 27 nitrogen and oxygen atoms in total. The summed E-state index contributed by atoms with van der Waals surface area (Å²) in [5, 5.41) is 35.4. The van der Waals surface area contributed by atoms with Crippen LogP contribution in [-0.2, 0) is 101 Å². The summed E-state index contributed by atoms with van der Waals surface area (Å²) in [7, 11) is 0. The molecule has 0 bridgehead atoms. The first-order valence-corrected chi connectivity index (χ1v) is 38.4. The van der Waals surface area contributed by atoms with E-state index in [0.29, 0.717) is 43.3 Å². The van der Waals surface area contributed by atoms with Crippen molar-refractivity contribution in [2.24, 2.45) is 0 Å². The van der Waals surface area contributed by atoms with Crippen LogP contribution in [0.1, 0.15) is 195 Å². The number of fused-ring (bicyclic) bond motifs is 5. The molecule has 594 valence electrons. The molecule has 0 radical (unpaired) electrons. The molecule has 0 spiro atoms. The monoisotopic (exact) mass is 1630 g/mol. The number of aromatic carboxylic acids is 1. The summed E-state index contributed by atoms with van der Waals surface area (Å²) in [5.74, 6) is 4.09. The van der Waals surface area contributed by atoms with Gasteiger partial charge in [-0.25, -0.2) is 19.7 Å². The smallest absolute Gasteiger partial charge is 1.00 e.